The standard InChI is InChI=1S/C12H15N3O5/c1-7-6-10(15(19)20)8(2)5-9(7)14-12(18)13-4-3-11(16)17/h5-6H,3-4H2,1-2H3,(H,16,17)(H2,13,14,18). The Balaban J connectivity index is 2.73. The number of nitro groups is 1. The first-order chi connectivity index (χ1) is 9.31. The highest BCUT2D eigenvalue weighted by atomic mass is 16.6. The first-order valence-corrected chi connectivity index (χ1v) is 5.83. The molecule has 0 unspecified atom stereocenters. The van der Waals surface area contributed by atoms with Crippen molar-refractivity contribution < 1.29 is 19.6 Å². The third kappa shape index (κ3) is 4.23. The monoisotopic (exact) mass is 281 g/mol. The van der Waals surface area contributed by atoms with Crippen LogP contribution in [0.15, 0.2) is 12.1 Å². The lowest BCUT2D eigenvalue weighted by Crippen LogP contribution is -2.30. The number of aliphatic carboxylic acids is 1. The van der Waals surface area contributed by atoms with E-state index in [4.69, 9.17) is 5.11 Å². The molecule has 0 fully saturated rings. The maximum Gasteiger partial charge on any atom is 0.319 e. The van der Waals surface area contributed by atoms with Crippen LogP contribution in [0.1, 0.15) is 17.5 Å². The number of carbonyl (C=O) groups excluding carboxylic acids is 1. The summed E-state index contributed by atoms with van der Waals surface area (Å²) in [5, 5.41) is 24.1. The van der Waals surface area contributed by atoms with Gasteiger partial charge in [-0.15, -0.1) is 0 Å². The first kappa shape index (κ1) is 15.4. The van der Waals surface area contributed by atoms with E-state index in [1.54, 1.807) is 13.8 Å². The van der Waals surface area contributed by atoms with Crippen LogP contribution in [0.2, 0.25) is 0 Å². The highest BCUT2D eigenvalue weighted by molar-refractivity contribution is 5.90. The third-order valence-corrected chi connectivity index (χ3v) is 2.61. The van der Waals surface area contributed by atoms with Crippen LogP contribution in [0.3, 0.4) is 0 Å². The molecule has 0 aliphatic carbocycles. The van der Waals surface area contributed by atoms with E-state index < -0.39 is 16.9 Å². The van der Waals surface area contributed by atoms with Crippen molar-refractivity contribution in [3.05, 3.63) is 33.4 Å². The van der Waals surface area contributed by atoms with Crippen molar-refractivity contribution >= 4 is 23.4 Å². The summed E-state index contributed by atoms with van der Waals surface area (Å²) in [4.78, 5) is 32.1. The van der Waals surface area contributed by atoms with Gasteiger partial charge in [-0.05, 0) is 25.5 Å². The third-order valence-electron chi connectivity index (χ3n) is 2.61. The minimum absolute atomic E-state index is 0.00613. The molecule has 0 spiro atoms. The van der Waals surface area contributed by atoms with Gasteiger partial charge in [-0.1, -0.05) is 0 Å². The van der Waals surface area contributed by atoms with Crippen molar-refractivity contribution in [1.82, 2.24) is 5.32 Å². The normalized spacial score (nSPS) is 9.90. The SMILES string of the molecule is Cc1cc([N+](=O)[O-])c(C)cc1NC(=O)NCCC(=O)O. The zero-order valence-electron chi connectivity index (χ0n) is 11.1. The molecule has 0 saturated heterocycles. The average molecular weight is 281 g/mol. The number of carbonyl (C=O) groups is 2. The molecule has 0 aromatic heterocycles. The number of aryl methyl sites for hydroxylation is 2. The second kappa shape index (κ2) is 6.50. The lowest BCUT2D eigenvalue weighted by Gasteiger charge is -2.10. The van der Waals surface area contributed by atoms with E-state index in [1.807, 2.05) is 0 Å². The molecular formula is C12H15N3O5. The number of benzene rings is 1. The predicted octanol–water partition coefficient (Wildman–Crippen LogP) is 1.81. The number of carboxylic acid groups (broad SMARTS) is 1. The van der Waals surface area contributed by atoms with E-state index in [9.17, 15) is 19.7 Å². The number of carboxylic acids is 1. The zero-order chi connectivity index (χ0) is 15.3. The molecular weight excluding hydrogens is 266 g/mol. The van der Waals surface area contributed by atoms with Crippen LogP contribution in [0.4, 0.5) is 16.2 Å². The Morgan fingerprint density at radius 3 is 2.50 bits per heavy atom. The van der Waals surface area contributed by atoms with E-state index in [1.165, 1.54) is 12.1 Å². The fraction of sp³-hybridized carbons (Fsp3) is 0.333. The molecule has 20 heavy (non-hydrogen) atoms. The van der Waals surface area contributed by atoms with Crippen LogP contribution in [-0.2, 0) is 4.79 Å². The number of nitrogens with zero attached hydrogens (tertiary/aromatic N) is 1. The molecule has 8 nitrogen and oxygen atoms in total. The molecule has 0 aliphatic rings. The van der Waals surface area contributed by atoms with Crippen LogP contribution in [0.25, 0.3) is 0 Å². The Kier molecular flexibility index (Phi) is 5.01. The number of rotatable bonds is 5. The van der Waals surface area contributed by atoms with Gasteiger partial charge in [-0.2, -0.15) is 0 Å². The van der Waals surface area contributed by atoms with Gasteiger partial charge >= 0.3 is 12.0 Å². The van der Waals surface area contributed by atoms with Crippen molar-refractivity contribution in [3.63, 3.8) is 0 Å². The Bertz CT molecular complexity index is 556. The van der Waals surface area contributed by atoms with E-state index >= 15 is 0 Å². The second-order valence-corrected chi connectivity index (χ2v) is 4.24. The van der Waals surface area contributed by atoms with Crippen LogP contribution < -0.4 is 10.6 Å². The van der Waals surface area contributed by atoms with Crippen LogP contribution >= 0.6 is 0 Å². The number of nitro benzene ring substituents is 1. The van der Waals surface area contributed by atoms with Gasteiger partial charge < -0.3 is 15.7 Å². The Morgan fingerprint density at radius 1 is 1.30 bits per heavy atom. The number of nitrogens with one attached hydrogen (secondary N) is 2. The Morgan fingerprint density at radius 2 is 1.95 bits per heavy atom. The van der Waals surface area contributed by atoms with E-state index in [0.717, 1.165) is 0 Å². The summed E-state index contributed by atoms with van der Waals surface area (Å²) in [6.45, 7) is 3.22. The molecule has 3 N–H and O–H groups in total. The Labute approximate surface area is 114 Å². The van der Waals surface area contributed by atoms with Gasteiger partial charge in [0.1, 0.15) is 0 Å². The summed E-state index contributed by atoms with van der Waals surface area (Å²) >= 11 is 0. The molecule has 1 rings (SSSR count). The van der Waals surface area contributed by atoms with Crippen LogP contribution in [0.5, 0.6) is 0 Å². The number of hydrogen-bond acceptors (Lipinski definition) is 4. The summed E-state index contributed by atoms with van der Waals surface area (Å²) < 4.78 is 0. The van der Waals surface area contributed by atoms with Crippen molar-refractivity contribution in [1.29, 1.82) is 0 Å². The molecule has 2 amide bonds. The maximum absolute atomic E-state index is 11.5. The summed E-state index contributed by atoms with van der Waals surface area (Å²) in [5.41, 5.74) is 1.41. The lowest BCUT2D eigenvalue weighted by molar-refractivity contribution is -0.385. The number of amides is 2. The van der Waals surface area contributed by atoms with Gasteiger partial charge in [0.2, 0.25) is 0 Å². The largest absolute Gasteiger partial charge is 0.481 e. The topological polar surface area (TPSA) is 122 Å². The lowest BCUT2D eigenvalue weighted by atomic mass is 10.1. The molecule has 8 heteroatoms. The van der Waals surface area contributed by atoms with Crippen molar-refractivity contribution in [2.24, 2.45) is 0 Å². The maximum atomic E-state index is 11.5. The summed E-state index contributed by atoms with van der Waals surface area (Å²) in [6.07, 6.45) is -0.175. The van der Waals surface area contributed by atoms with Crippen molar-refractivity contribution in [3.8, 4) is 0 Å². The summed E-state index contributed by atoms with van der Waals surface area (Å²) in [7, 11) is 0. The average Bonchev–Trinajstić information content (AvgIpc) is 2.32. The highest BCUT2D eigenvalue weighted by Gasteiger charge is 2.14. The van der Waals surface area contributed by atoms with Crippen LogP contribution in [0, 0.1) is 24.0 Å². The fourth-order valence-electron chi connectivity index (χ4n) is 1.58. The molecule has 1 aromatic rings. The molecule has 0 bridgehead atoms. The second-order valence-electron chi connectivity index (χ2n) is 4.24. The smallest absolute Gasteiger partial charge is 0.319 e. The van der Waals surface area contributed by atoms with Gasteiger partial charge in [-0.25, -0.2) is 4.79 Å². The van der Waals surface area contributed by atoms with Crippen molar-refractivity contribution in [2.75, 3.05) is 11.9 Å². The van der Waals surface area contributed by atoms with Gasteiger partial charge in [0, 0.05) is 23.9 Å². The molecule has 1 aromatic carbocycles. The molecule has 108 valence electrons. The molecule has 0 aliphatic heterocycles. The Hall–Kier alpha value is -2.64. The summed E-state index contributed by atoms with van der Waals surface area (Å²) in [5.74, 6) is -1.01. The van der Waals surface area contributed by atoms with Crippen molar-refractivity contribution in [2.45, 2.75) is 20.3 Å². The fourth-order valence-corrected chi connectivity index (χ4v) is 1.58. The summed E-state index contributed by atoms with van der Waals surface area (Å²) in [6, 6.07) is 2.33. The number of hydrogen-bond donors (Lipinski definition) is 3. The van der Waals surface area contributed by atoms with E-state index in [0.29, 0.717) is 16.8 Å². The number of anilines is 1. The quantitative estimate of drug-likeness (QED) is 0.561. The van der Waals surface area contributed by atoms with E-state index in [-0.39, 0.29) is 18.7 Å². The van der Waals surface area contributed by atoms with Gasteiger partial charge in [0.25, 0.3) is 5.69 Å². The van der Waals surface area contributed by atoms with Gasteiger partial charge in [0.15, 0.2) is 0 Å². The van der Waals surface area contributed by atoms with Gasteiger partial charge in [-0.3, -0.25) is 14.9 Å². The molecule has 0 radical (unpaired) electrons. The molecule has 0 atom stereocenters. The number of urea groups is 1. The minimum Gasteiger partial charge on any atom is -0.481 e. The zero-order valence-corrected chi connectivity index (χ0v) is 11.1. The molecule has 0 heterocycles. The minimum atomic E-state index is -1.01. The van der Waals surface area contributed by atoms with E-state index in [2.05, 4.69) is 10.6 Å². The highest BCUT2D eigenvalue weighted by Crippen LogP contribution is 2.25. The first-order valence-electron chi connectivity index (χ1n) is 5.83. The molecule has 0 saturated carbocycles. The predicted molar refractivity (Wildman–Crippen MR) is 71.8 cm³/mol. The van der Waals surface area contributed by atoms with Gasteiger partial charge in [0.05, 0.1) is 11.3 Å². The van der Waals surface area contributed by atoms with Crippen LogP contribution in [-0.4, -0.2) is 28.6 Å².